The monoisotopic (exact) mass is 223 g/mol. The highest BCUT2D eigenvalue weighted by Crippen LogP contribution is 2.29. The summed E-state index contributed by atoms with van der Waals surface area (Å²) in [6.07, 6.45) is 1.62. The largest absolute Gasteiger partial charge is 0.364 e. The van der Waals surface area contributed by atoms with Crippen molar-refractivity contribution in [2.24, 2.45) is 0 Å². The summed E-state index contributed by atoms with van der Waals surface area (Å²) in [7, 11) is 0. The average Bonchev–Trinajstić information content (AvgIpc) is 2.91. The Labute approximate surface area is 99.9 Å². The van der Waals surface area contributed by atoms with E-state index in [1.165, 1.54) is 16.3 Å². The molecule has 0 aliphatic carbocycles. The first kappa shape index (κ1) is 10.1. The molecule has 0 radical (unpaired) electrons. The highest BCUT2D eigenvalue weighted by atomic mass is 16.5. The molecule has 17 heavy (non-hydrogen) atoms. The first-order valence-corrected chi connectivity index (χ1v) is 5.74. The Balaban J connectivity index is 2.17. The molecule has 1 aromatic heterocycles. The number of nitrogens with zero attached hydrogens (tertiary/aromatic N) is 1. The van der Waals surface area contributed by atoms with Crippen molar-refractivity contribution in [3.63, 3.8) is 0 Å². The molecule has 3 aromatic rings. The Morgan fingerprint density at radius 2 is 1.82 bits per heavy atom. The van der Waals surface area contributed by atoms with Gasteiger partial charge in [0.15, 0.2) is 0 Å². The Bertz CT molecular complexity index is 623. The third-order valence-corrected chi connectivity index (χ3v) is 3.19. The Morgan fingerprint density at radius 1 is 1.00 bits per heavy atom. The van der Waals surface area contributed by atoms with Gasteiger partial charge in [0.2, 0.25) is 0 Å². The van der Waals surface area contributed by atoms with E-state index in [9.17, 15) is 0 Å². The first-order valence-electron chi connectivity index (χ1n) is 5.74. The molecule has 2 nitrogen and oxygen atoms in total. The van der Waals surface area contributed by atoms with Crippen LogP contribution in [-0.4, -0.2) is 5.16 Å². The summed E-state index contributed by atoms with van der Waals surface area (Å²) >= 11 is 0. The molecule has 1 atom stereocenters. The lowest BCUT2D eigenvalue weighted by Gasteiger charge is -2.11. The van der Waals surface area contributed by atoms with Crippen molar-refractivity contribution < 1.29 is 4.52 Å². The minimum absolute atomic E-state index is 0.250. The topological polar surface area (TPSA) is 26.0 Å². The smallest absolute Gasteiger partial charge is 0.124 e. The van der Waals surface area contributed by atoms with Crippen LogP contribution in [0, 0.1) is 0 Å². The van der Waals surface area contributed by atoms with Gasteiger partial charge < -0.3 is 4.52 Å². The van der Waals surface area contributed by atoms with Crippen LogP contribution in [0.4, 0.5) is 0 Å². The van der Waals surface area contributed by atoms with Gasteiger partial charge in [-0.05, 0) is 16.3 Å². The lowest BCUT2D eigenvalue weighted by Crippen LogP contribution is -1.97. The van der Waals surface area contributed by atoms with Gasteiger partial charge in [-0.3, -0.25) is 0 Å². The van der Waals surface area contributed by atoms with E-state index in [4.69, 9.17) is 4.52 Å². The van der Waals surface area contributed by atoms with Crippen LogP contribution >= 0.6 is 0 Å². The molecule has 0 N–H and O–H groups in total. The fourth-order valence-electron chi connectivity index (χ4n) is 2.23. The van der Waals surface area contributed by atoms with Gasteiger partial charge >= 0.3 is 0 Å². The highest BCUT2D eigenvalue weighted by molar-refractivity contribution is 5.86. The molecule has 1 unspecified atom stereocenters. The van der Waals surface area contributed by atoms with Crippen LogP contribution in [0.25, 0.3) is 10.8 Å². The van der Waals surface area contributed by atoms with Crippen molar-refractivity contribution >= 4 is 10.8 Å². The molecule has 0 spiro atoms. The zero-order chi connectivity index (χ0) is 11.7. The zero-order valence-corrected chi connectivity index (χ0v) is 9.63. The minimum Gasteiger partial charge on any atom is -0.364 e. The summed E-state index contributed by atoms with van der Waals surface area (Å²) in [5.74, 6) is 0.250. The molecule has 0 bridgehead atoms. The molecule has 0 aliphatic rings. The lowest BCUT2D eigenvalue weighted by molar-refractivity contribution is 0.410. The van der Waals surface area contributed by atoms with Crippen molar-refractivity contribution in [3.8, 4) is 0 Å². The SMILES string of the molecule is CC(c1ccon1)c1cccc2ccccc12. The summed E-state index contributed by atoms with van der Waals surface area (Å²) in [6, 6.07) is 16.7. The van der Waals surface area contributed by atoms with Crippen LogP contribution in [0.2, 0.25) is 0 Å². The molecule has 0 amide bonds. The van der Waals surface area contributed by atoms with Gasteiger partial charge in [-0.2, -0.15) is 0 Å². The lowest BCUT2D eigenvalue weighted by atomic mass is 9.93. The van der Waals surface area contributed by atoms with Crippen molar-refractivity contribution in [1.29, 1.82) is 0 Å². The summed E-state index contributed by atoms with van der Waals surface area (Å²) in [5.41, 5.74) is 2.26. The standard InChI is InChI=1S/C15H13NO/c1-11(15-9-10-17-16-15)13-8-4-6-12-5-2-3-7-14(12)13/h2-11H,1H3. The summed E-state index contributed by atoms with van der Waals surface area (Å²) in [4.78, 5) is 0. The molecule has 0 saturated heterocycles. The summed E-state index contributed by atoms with van der Waals surface area (Å²) < 4.78 is 4.92. The maximum absolute atomic E-state index is 4.92. The van der Waals surface area contributed by atoms with E-state index in [0.29, 0.717) is 0 Å². The summed E-state index contributed by atoms with van der Waals surface area (Å²) in [6.45, 7) is 2.15. The van der Waals surface area contributed by atoms with Gasteiger partial charge in [0, 0.05) is 12.0 Å². The van der Waals surface area contributed by atoms with Crippen molar-refractivity contribution in [2.45, 2.75) is 12.8 Å². The Kier molecular flexibility index (Phi) is 2.41. The molecular weight excluding hydrogens is 210 g/mol. The minimum atomic E-state index is 0.250. The molecule has 1 heterocycles. The number of benzene rings is 2. The average molecular weight is 223 g/mol. The second-order valence-corrected chi connectivity index (χ2v) is 4.21. The van der Waals surface area contributed by atoms with E-state index in [0.717, 1.165) is 5.69 Å². The van der Waals surface area contributed by atoms with Crippen molar-refractivity contribution in [3.05, 3.63) is 66.1 Å². The Morgan fingerprint density at radius 3 is 2.65 bits per heavy atom. The predicted molar refractivity (Wildman–Crippen MR) is 68.0 cm³/mol. The third-order valence-electron chi connectivity index (χ3n) is 3.19. The second-order valence-electron chi connectivity index (χ2n) is 4.21. The maximum atomic E-state index is 4.92. The van der Waals surface area contributed by atoms with Gasteiger partial charge in [0.1, 0.15) is 6.26 Å². The van der Waals surface area contributed by atoms with E-state index >= 15 is 0 Å². The van der Waals surface area contributed by atoms with Crippen LogP contribution in [0.5, 0.6) is 0 Å². The van der Waals surface area contributed by atoms with E-state index in [1.807, 2.05) is 6.07 Å². The summed E-state index contributed by atoms with van der Waals surface area (Å²) in [5, 5.41) is 6.57. The third kappa shape index (κ3) is 1.72. The van der Waals surface area contributed by atoms with Crippen LogP contribution in [0.15, 0.2) is 59.3 Å². The zero-order valence-electron chi connectivity index (χ0n) is 9.63. The molecule has 0 fully saturated rings. The van der Waals surface area contributed by atoms with Crippen LogP contribution in [-0.2, 0) is 0 Å². The molecule has 2 heteroatoms. The fraction of sp³-hybridized carbons (Fsp3) is 0.133. The van der Waals surface area contributed by atoms with E-state index in [-0.39, 0.29) is 5.92 Å². The van der Waals surface area contributed by atoms with Gasteiger partial charge in [0.25, 0.3) is 0 Å². The van der Waals surface area contributed by atoms with Gasteiger partial charge in [-0.15, -0.1) is 0 Å². The quantitative estimate of drug-likeness (QED) is 0.656. The van der Waals surface area contributed by atoms with Crippen LogP contribution in [0.3, 0.4) is 0 Å². The van der Waals surface area contributed by atoms with Gasteiger partial charge in [0.05, 0.1) is 5.69 Å². The normalized spacial score (nSPS) is 12.8. The van der Waals surface area contributed by atoms with Crippen molar-refractivity contribution in [2.75, 3.05) is 0 Å². The molecule has 3 rings (SSSR count). The predicted octanol–water partition coefficient (Wildman–Crippen LogP) is 3.98. The fourth-order valence-corrected chi connectivity index (χ4v) is 2.23. The van der Waals surface area contributed by atoms with Gasteiger partial charge in [-0.1, -0.05) is 54.5 Å². The molecule has 0 saturated carbocycles. The molecule has 84 valence electrons. The molecule has 2 aromatic carbocycles. The number of hydrogen-bond donors (Lipinski definition) is 0. The first-order chi connectivity index (χ1) is 8.36. The number of aromatic nitrogens is 1. The number of hydrogen-bond acceptors (Lipinski definition) is 2. The van der Waals surface area contributed by atoms with E-state index in [2.05, 4.69) is 54.5 Å². The second kappa shape index (κ2) is 4.06. The maximum Gasteiger partial charge on any atom is 0.124 e. The highest BCUT2D eigenvalue weighted by Gasteiger charge is 2.13. The number of rotatable bonds is 2. The van der Waals surface area contributed by atoms with E-state index < -0.39 is 0 Å². The van der Waals surface area contributed by atoms with Crippen LogP contribution < -0.4 is 0 Å². The molecular formula is C15H13NO. The van der Waals surface area contributed by atoms with E-state index in [1.54, 1.807) is 6.26 Å². The Hall–Kier alpha value is -2.09. The van der Waals surface area contributed by atoms with Gasteiger partial charge in [-0.25, -0.2) is 0 Å². The molecule has 0 aliphatic heterocycles. The van der Waals surface area contributed by atoms with Crippen LogP contribution in [0.1, 0.15) is 24.1 Å². The van der Waals surface area contributed by atoms with Crippen molar-refractivity contribution in [1.82, 2.24) is 5.16 Å². The number of fused-ring (bicyclic) bond motifs is 1.